The normalized spacial score (nSPS) is 16.4. The molecule has 1 unspecified atom stereocenters. The number of hydrogen-bond donors (Lipinski definition) is 0. The lowest BCUT2D eigenvalue weighted by atomic mass is 10.1. The van der Waals surface area contributed by atoms with Crippen LogP contribution in [0.15, 0.2) is 18.2 Å². The second-order valence-electron chi connectivity index (χ2n) is 5.51. The molecule has 0 amide bonds. The number of rotatable bonds is 7. The van der Waals surface area contributed by atoms with Crippen molar-refractivity contribution in [2.75, 3.05) is 25.2 Å². The predicted molar refractivity (Wildman–Crippen MR) is 82.1 cm³/mol. The summed E-state index contributed by atoms with van der Waals surface area (Å²) in [6.07, 6.45) is 2.73. The van der Waals surface area contributed by atoms with Crippen LogP contribution < -0.4 is 4.90 Å². The molecule has 0 radical (unpaired) electrons. The molecule has 0 saturated heterocycles. The number of ether oxygens (including phenoxy) is 1. The molecule has 0 bridgehead atoms. The molecule has 2 rings (SSSR count). The van der Waals surface area contributed by atoms with Crippen LogP contribution in [0.5, 0.6) is 0 Å². The topological polar surface area (TPSA) is 12.5 Å². The number of alkyl halides is 1. The maximum Gasteiger partial charge on any atom is 0.0637 e. The largest absolute Gasteiger partial charge is 0.383 e. The lowest BCUT2D eigenvalue weighted by Gasteiger charge is -2.32. The van der Waals surface area contributed by atoms with Crippen LogP contribution in [0, 0.1) is 12.8 Å². The van der Waals surface area contributed by atoms with Gasteiger partial charge in [-0.1, -0.05) is 6.07 Å². The van der Waals surface area contributed by atoms with Gasteiger partial charge in [0.25, 0.3) is 0 Å². The minimum Gasteiger partial charge on any atom is -0.383 e. The third-order valence-electron chi connectivity index (χ3n) is 4.13. The zero-order valence-electron chi connectivity index (χ0n) is 12.2. The molecule has 1 aromatic rings. The summed E-state index contributed by atoms with van der Waals surface area (Å²) in [5, 5.41) is 0. The minimum absolute atomic E-state index is 0.586. The van der Waals surface area contributed by atoms with Gasteiger partial charge in [0, 0.05) is 31.3 Å². The summed E-state index contributed by atoms with van der Waals surface area (Å²) < 4.78 is 5.26. The standard InChI is InChI=1S/C16H24ClNO/c1-12-10-16(7-6-15(12)11-17)18(8-9-19-3)13(2)14-4-5-14/h6-7,10,13-14H,4-5,8-9,11H2,1-3H3. The van der Waals surface area contributed by atoms with Crippen LogP contribution >= 0.6 is 11.6 Å². The molecule has 0 heterocycles. The summed E-state index contributed by atoms with van der Waals surface area (Å²) in [4.78, 5) is 2.48. The molecular weight excluding hydrogens is 258 g/mol. The van der Waals surface area contributed by atoms with Crippen LogP contribution in [0.4, 0.5) is 5.69 Å². The van der Waals surface area contributed by atoms with E-state index in [2.05, 4.69) is 36.9 Å². The number of nitrogens with zero attached hydrogens (tertiary/aromatic N) is 1. The fourth-order valence-corrected chi connectivity index (χ4v) is 2.90. The van der Waals surface area contributed by atoms with E-state index in [-0.39, 0.29) is 0 Å². The molecule has 1 aliphatic carbocycles. The molecule has 19 heavy (non-hydrogen) atoms. The highest BCUT2D eigenvalue weighted by Crippen LogP contribution is 2.37. The molecule has 0 N–H and O–H groups in total. The summed E-state index contributed by atoms with van der Waals surface area (Å²) >= 11 is 5.94. The number of benzene rings is 1. The van der Waals surface area contributed by atoms with E-state index in [0.29, 0.717) is 11.9 Å². The zero-order chi connectivity index (χ0) is 13.8. The first-order chi connectivity index (χ1) is 9.17. The molecule has 0 spiro atoms. The second kappa shape index (κ2) is 6.62. The first-order valence-corrected chi connectivity index (χ1v) is 7.62. The highest BCUT2D eigenvalue weighted by atomic mass is 35.5. The number of anilines is 1. The molecule has 1 atom stereocenters. The van der Waals surface area contributed by atoms with E-state index in [1.54, 1.807) is 7.11 Å². The van der Waals surface area contributed by atoms with Crippen LogP contribution in [0.25, 0.3) is 0 Å². The lowest BCUT2D eigenvalue weighted by Crippen LogP contribution is -2.37. The van der Waals surface area contributed by atoms with Crippen LogP contribution in [0.1, 0.15) is 30.9 Å². The molecule has 1 fully saturated rings. The molecule has 3 heteroatoms. The van der Waals surface area contributed by atoms with Crippen molar-refractivity contribution in [1.82, 2.24) is 0 Å². The Labute approximate surface area is 121 Å². The number of methoxy groups -OCH3 is 1. The van der Waals surface area contributed by atoms with Gasteiger partial charge in [0.1, 0.15) is 0 Å². The second-order valence-corrected chi connectivity index (χ2v) is 5.78. The average Bonchev–Trinajstić information content (AvgIpc) is 3.23. The highest BCUT2D eigenvalue weighted by Gasteiger charge is 2.32. The number of aryl methyl sites for hydroxylation is 1. The van der Waals surface area contributed by atoms with Crippen molar-refractivity contribution in [2.45, 2.75) is 38.6 Å². The molecule has 2 nitrogen and oxygen atoms in total. The Morgan fingerprint density at radius 1 is 1.42 bits per heavy atom. The molecule has 1 aliphatic rings. The Balaban J connectivity index is 2.18. The van der Waals surface area contributed by atoms with Gasteiger partial charge in [-0.25, -0.2) is 0 Å². The minimum atomic E-state index is 0.586. The van der Waals surface area contributed by atoms with E-state index in [1.165, 1.54) is 29.7 Å². The van der Waals surface area contributed by atoms with E-state index < -0.39 is 0 Å². The van der Waals surface area contributed by atoms with Gasteiger partial charge in [-0.15, -0.1) is 11.6 Å². The van der Waals surface area contributed by atoms with Crippen molar-refractivity contribution < 1.29 is 4.74 Å². The third kappa shape index (κ3) is 3.64. The molecule has 1 saturated carbocycles. The van der Waals surface area contributed by atoms with Crippen molar-refractivity contribution >= 4 is 17.3 Å². The molecule has 0 aromatic heterocycles. The van der Waals surface area contributed by atoms with Crippen molar-refractivity contribution in [2.24, 2.45) is 5.92 Å². The Kier molecular flexibility index (Phi) is 5.12. The van der Waals surface area contributed by atoms with Crippen molar-refractivity contribution in [1.29, 1.82) is 0 Å². The fraction of sp³-hybridized carbons (Fsp3) is 0.625. The van der Waals surface area contributed by atoms with Gasteiger partial charge in [-0.05, 0) is 55.9 Å². The number of halogens is 1. The van der Waals surface area contributed by atoms with Crippen LogP contribution in [0.3, 0.4) is 0 Å². The Hall–Kier alpha value is -0.730. The SMILES string of the molecule is COCCN(c1ccc(CCl)c(C)c1)C(C)C1CC1. The van der Waals surface area contributed by atoms with Gasteiger partial charge in [0.05, 0.1) is 6.61 Å². The smallest absolute Gasteiger partial charge is 0.0637 e. The van der Waals surface area contributed by atoms with Gasteiger partial charge < -0.3 is 9.64 Å². The predicted octanol–water partition coefficient (Wildman–Crippen LogP) is 3.99. The molecule has 1 aromatic carbocycles. The molecule has 106 valence electrons. The third-order valence-corrected chi connectivity index (χ3v) is 4.42. The fourth-order valence-electron chi connectivity index (χ4n) is 2.60. The monoisotopic (exact) mass is 281 g/mol. The van der Waals surface area contributed by atoms with Crippen LogP contribution in [-0.4, -0.2) is 26.3 Å². The van der Waals surface area contributed by atoms with Crippen LogP contribution in [0.2, 0.25) is 0 Å². The van der Waals surface area contributed by atoms with Crippen LogP contribution in [-0.2, 0) is 10.6 Å². The molecular formula is C16H24ClNO. The van der Waals surface area contributed by atoms with Crippen molar-refractivity contribution in [3.8, 4) is 0 Å². The maximum absolute atomic E-state index is 5.94. The Morgan fingerprint density at radius 3 is 2.68 bits per heavy atom. The van der Waals surface area contributed by atoms with E-state index in [4.69, 9.17) is 16.3 Å². The summed E-state index contributed by atoms with van der Waals surface area (Å²) in [5.74, 6) is 1.44. The summed E-state index contributed by atoms with van der Waals surface area (Å²) in [5.41, 5.74) is 3.79. The number of hydrogen-bond acceptors (Lipinski definition) is 2. The summed E-state index contributed by atoms with van der Waals surface area (Å²) in [7, 11) is 1.77. The van der Waals surface area contributed by atoms with Gasteiger partial charge in [-0.3, -0.25) is 0 Å². The van der Waals surface area contributed by atoms with Gasteiger partial charge in [0.2, 0.25) is 0 Å². The zero-order valence-corrected chi connectivity index (χ0v) is 12.9. The lowest BCUT2D eigenvalue weighted by molar-refractivity contribution is 0.202. The first kappa shape index (κ1) is 14.7. The quantitative estimate of drug-likeness (QED) is 0.701. The summed E-state index contributed by atoms with van der Waals surface area (Å²) in [6, 6.07) is 7.19. The van der Waals surface area contributed by atoms with E-state index >= 15 is 0 Å². The van der Waals surface area contributed by atoms with Gasteiger partial charge in [0.15, 0.2) is 0 Å². The Morgan fingerprint density at radius 2 is 2.16 bits per heavy atom. The first-order valence-electron chi connectivity index (χ1n) is 7.08. The highest BCUT2D eigenvalue weighted by molar-refractivity contribution is 6.17. The van der Waals surface area contributed by atoms with Crippen molar-refractivity contribution in [3.63, 3.8) is 0 Å². The van der Waals surface area contributed by atoms with Crippen molar-refractivity contribution in [3.05, 3.63) is 29.3 Å². The van der Waals surface area contributed by atoms with E-state index in [9.17, 15) is 0 Å². The van der Waals surface area contributed by atoms with Gasteiger partial charge in [-0.2, -0.15) is 0 Å². The van der Waals surface area contributed by atoms with E-state index in [0.717, 1.165) is 19.1 Å². The molecule has 0 aliphatic heterocycles. The van der Waals surface area contributed by atoms with E-state index in [1.807, 2.05) is 0 Å². The average molecular weight is 282 g/mol. The maximum atomic E-state index is 5.94. The Bertz CT molecular complexity index is 417. The summed E-state index contributed by atoms with van der Waals surface area (Å²) in [6.45, 7) is 6.19. The van der Waals surface area contributed by atoms with Gasteiger partial charge >= 0.3 is 0 Å².